The first-order chi connectivity index (χ1) is 23.9. The standard InChI is InChI=1S/C41H48N4O4/c1-44(39(46)30-49-29-36-19-12-25-42-36)38(28-33-20-22-35(23-21-33)34-17-10-5-11-18-34)41(48)45(2)37(27-32-15-8-4-9-16-32)40(47)43-26-24-31-13-6-3-7-14-31/h3-11,13-18,20-23,36-38,42H,12,19,24-30H2,1-2H3,(H,43,47)/t36-,37-,38-/m1/s1. The Kier molecular flexibility index (Phi) is 13.1. The zero-order valence-corrected chi connectivity index (χ0v) is 28.6. The fourth-order valence-corrected chi connectivity index (χ4v) is 6.26. The van der Waals surface area contributed by atoms with Crippen molar-refractivity contribution in [2.75, 3.05) is 40.4 Å². The van der Waals surface area contributed by atoms with Gasteiger partial charge in [0.25, 0.3) is 0 Å². The van der Waals surface area contributed by atoms with Crippen molar-refractivity contribution in [1.29, 1.82) is 0 Å². The molecule has 256 valence electrons. The largest absolute Gasteiger partial charge is 0.370 e. The second-order valence-electron chi connectivity index (χ2n) is 12.8. The van der Waals surface area contributed by atoms with E-state index in [0.29, 0.717) is 32.4 Å². The van der Waals surface area contributed by atoms with E-state index in [1.54, 1.807) is 14.1 Å². The number of carbonyl (C=O) groups excluding carboxylic acids is 3. The van der Waals surface area contributed by atoms with E-state index < -0.39 is 12.1 Å². The van der Waals surface area contributed by atoms with Gasteiger partial charge in [0.05, 0.1) is 6.61 Å². The predicted molar refractivity (Wildman–Crippen MR) is 194 cm³/mol. The van der Waals surface area contributed by atoms with Crippen LogP contribution in [0.4, 0.5) is 0 Å². The molecule has 4 aromatic rings. The lowest BCUT2D eigenvalue weighted by Gasteiger charge is -2.34. The highest BCUT2D eigenvalue weighted by Gasteiger charge is 2.35. The zero-order chi connectivity index (χ0) is 34.4. The number of nitrogens with one attached hydrogen (secondary N) is 2. The normalized spacial score (nSPS) is 15.3. The minimum Gasteiger partial charge on any atom is -0.370 e. The molecule has 1 aliphatic rings. The molecule has 1 aliphatic heterocycles. The van der Waals surface area contributed by atoms with Gasteiger partial charge >= 0.3 is 0 Å². The van der Waals surface area contributed by atoms with E-state index in [1.807, 2.05) is 103 Å². The second kappa shape index (κ2) is 18.1. The van der Waals surface area contributed by atoms with E-state index in [-0.39, 0.29) is 30.4 Å². The Hall–Kier alpha value is -4.79. The van der Waals surface area contributed by atoms with Crippen molar-refractivity contribution in [3.05, 3.63) is 132 Å². The number of carbonyl (C=O) groups is 3. The molecule has 2 N–H and O–H groups in total. The molecule has 1 saturated heterocycles. The number of amides is 3. The third-order valence-corrected chi connectivity index (χ3v) is 9.29. The van der Waals surface area contributed by atoms with Gasteiger partial charge in [0.15, 0.2) is 0 Å². The predicted octanol–water partition coefficient (Wildman–Crippen LogP) is 4.92. The summed E-state index contributed by atoms with van der Waals surface area (Å²) in [6, 6.07) is 36.5. The summed E-state index contributed by atoms with van der Waals surface area (Å²) >= 11 is 0. The highest BCUT2D eigenvalue weighted by Crippen LogP contribution is 2.21. The average Bonchev–Trinajstić information content (AvgIpc) is 3.67. The Bertz CT molecular complexity index is 1610. The van der Waals surface area contributed by atoms with Crippen LogP contribution in [0.2, 0.25) is 0 Å². The topological polar surface area (TPSA) is 91.0 Å². The van der Waals surface area contributed by atoms with Crippen LogP contribution in [0.5, 0.6) is 0 Å². The number of nitrogens with zero attached hydrogens (tertiary/aromatic N) is 2. The van der Waals surface area contributed by atoms with Crippen molar-refractivity contribution in [2.24, 2.45) is 0 Å². The molecule has 49 heavy (non-hydrogen) atoms. The summed E-state index contributed by atoms with van der Waals surface area (Å²) in [6.07, 6.45) is 3.42. The van der Waals surface area contributed by atoms with E-state index in [9.17, 15) is 14.4 Å². The highest BCUT2D eigenvalue weighted by molar-refractivity contribution is 5.92. The van der Waals surface area contributed by atoms with Crippen molar-refractivity contribution in [2.45, 2.75) is 50.2 Å². The summed E-state index contributed by atoms with van der Waals surface area (Å²) in [6.45, 7) is 1.72. The number of likely N-dealkylation sites (N-methyl/N-ethyl adjacent to an activating group) is 2. The number of rotatable bonds is 16. The SMILES string of the molecule is CN(C(=O)COC[C@H]1CCCN1)[C@H](Cc1ccc(-c2ccccc2)cc1)C(=O)N(C)[C@H](Cc1ccccc1)C(=O)NCCc1ccccc1. The molecule has 0 aliphatic carbocycles. The molecule has 0 bridgehead atoms. The molecule has 0 spiro atoms. The molecule has 1 heterocycles. The monoisotopic (exact) mass is 660 g/mol. The minimum absolute atomic E-state index is 0.122. The molecule has 0 radical (unpaired) electrons. The molecule has 4 aromatic carbocycles. The van der Waals surface area contributed by atoms with Crippen LogP contribution in [0.15, 0.2) is 115 Å². The van der Waals surface area contributed by atoms with Gasteiger partial charge in [0.2, 0.25) is 17.7 Å². The maximum Gasteiger partial charge on any atom is 0.249 e. The molecular weight excluding hydrogens is 612 g/mol. The third kappa shape index (κ3) is 10.3. The van der Waals surface area contributed by atoms with Crippen LogP contribution in [-0.2, 0) is 38.4 Å². The lowest BCUT2D eigenvalue weighted by Crippen LogP contribution is -2.56. The van der Waals surface area contributed by atoms with Crippen LogP contribution in [0, 0.1) is 0 Å². The summed E-state index contributed by atoms with van der Waals surface area (Å²) in [7, 11) is 3.32. The van der Waals surface area contributed by atoms with Crippen molar-refractivity contribution in [3.63, 3.8) is 0 Å². The van der Waals surface area contributed by atoms with Crippen LogP contribution in [0.1, 0.15) is 29.5 Å². The van der Waals surface area contributed by atoms with E-state index >= 15 is 0 Å². The fourth-order valence-electron chi connectivity index (χ4n) is 6.26. The molecule has 3 atom stereocenters. The van der Waals surface area contributed by atoms with Crippen molar-refractivity contribution >= 4 is 17.7 Å². The molecule has 3 amide bonds. The molecule has 0 aromatic heterocycles. The quantitative estimate of drug-likeness (QED) is 0.178. The Morgan fingerprint density at radius 1 is 0.735 bits per heavy atom. The second-order valence-corrected chi connectivity index (χ2v) is 12.8. The molecule has 0 saturated carbocycles. The van der Waals surface area contributed by atoms with Crippen LogP contribution in [0.3, 0.4) is 0 Å². The molecular formula is C41H48N4O4. The number of hydrogen-bond donors (Lipinski definition) is 2. The van der Waals surface area contributed by atoms with E-state index in [1.165, 1.54) is 9.80 Å². The molecule has 8 nitrogen and oxygen atoms in total. The van der Waals surface area contributed by atoms with Crippen LogP contribution >= 0.6 is 0 Å². The zero-order valence-electron chi connectivity index (χ0n) is 28.6. The Balaban J connectivity index is 1.34. The third-order valence-electron chi connectivity index (χ3n) is 9.29. The summed E-state index contributed by atoms with van der Waals surface area (Å²) in [4.78, 5) is 44.8. The van der Waals surface area contributed by atoms with Gasteiger partial charge in [0.1, 0.15) is 18.7 Å². The number of ether oxygens (including phenoxy) is 1. The molecule has 8 heteroatoms. The first kappa shape index (κ1) is 35.5. The smallest absolute Gasteiger partial charge is 0.249 e. The lowest BCUT2D eigenvalue weighted by atomic mass is 9.98. The maximum absolute atomic E-state index is 14.5. The van der Waals surface area contributed by atoms with Crippen molar-refractivity contribution < 1.29 is 19.1 Å². The first-order valence-corrected chi connectivity index (χ1v) is 17.2. The lowest BCUT2D eigenvalue weighted by molar-refractivity contribution is -0.149. The average molecular weight is 661 g/mol. The van der Waals surface area contributed by atoms with Gasteiger partial charge in [-0.15, -0.1) is 0 Å². The molecule has 5 rings (SSSR count). The summed E-state index contributed by atoms with van der Waals surface area (Å²) in [5.41, 5.74) is 5.14. The fraction of sp³-hybridized carbons (Fsp3) is 0.341. The Morgan fingerprint density at radius 3 is 1.94 bits per heavy atom. The van der Waals surface area contributed by atoms with Gasteiger partial charge in [0, 0.05) is 39.5 Å². The van der Waals surface area contributed by atoms with Gasteiger partial charge in [-0.05, 0) is 53.6 Å². The van der Waals surface area contributed by atoms with Gasteiger partial charge in [-0.1, -0.05) is 115 Å². The summed E-state index contributed by atoms with van der Waals surface area (Å²) in [5, 5.41) is 6.45. The molecule has 0 unspecified atom stereocenters. The van der Waals surface area contributed by atoms with E-state index in [0.717, 1.165) is 47.2 Å². The van der Waals surface area contributed by atoms with E-state index in [2.05, 4.69) is 22.8 Å². The molecule has 1 fully saturated rings. The van der Waals surface area contributed by atoms with Crippen LogP contribution in [0.25, 0.3) is 11.1 Å². The maximum atomic E-state index is 14.5. The van der Waals surface area contributed by atoms with Crippen molar-refractivity contribution in [1.82, 2.24) is 20.4 Å². The van der Waals surface area contributed by atoms with Crippen LogP contribution in [-0.4, -0.2) is 86.0 Å². The van der Waals surface area contributed by atoms with Gasteiger partial charge in [-0.25, -0.2) is 0 Å². The van der Waals surface area contributed by atoms with Gasteiger partial charge in [-0.3, -0.25) is 14.4 Å². The van der Waals surface area contributed by atoms with Gasteiger partial charge < -0.3 is 25.2 Å². The number of hydrogen-bond acceptors (Lipinski definition) is 5. The Labute approximate surface area is 290 Å². The number of benzene rings is 4. The first-order valence-electron chi connectivity index (χ1n) is 17.2. The highest BCUT2D eigenvalue weighted by atomic mass is 16.5. The summed E-state index contributed by atoms with van der Waals surface area (Å²) in [5.74, 6) is -0.819. The minimum atomic E-state index is -0.844. The van der Waals surface area contributed by atoms with E-state index in [4.69, 9.17) is 4.74 Å². The van der Waals surface area contributed by atoms with Crippen molar-refractivity contribution in [3.8, 4) is 11.1 Å². The van der Waals surface area contributed by atoms with Crippen LogP contribution < -0.4 is 10.6 Å². The summed E-state index contributed by atoms with van der Waals surface area (Å²) < 4.78 is 5.81. The van der Waals surface area contributed by atoms with Gasteiger partial charge in [-0.2, -0.15) is 0 Å². The Morgan fingerprint density at radius 2 is 1.31 bits per heavy atom.